The van der Waals surface area contributed by atoms with Gasteiger partial charge in [-0.05, 0) is 24.7 Å². The first-order valence-electron chi connectivity index (χ1n) is 5.65. The van der Waals surface area contributed by atoms with Gasteiger partial charge >= 0.3 is 0 Å². The molecule has 1 aromatic carbocycles. The SMILES string of the molecule is CNS(=O)(=O)CCNS(=O)(=O)Cc1ccc(C#N)cc1. The second-order valence-corrected chi connectivity index (χ2v) is 7.84. The molecule has 110 valence electrons. The summed E-state index contributed by atoms with van der Waals surface area (Å²) in [5.41, 5.74) is 0.965. The van der Waals surface area contributed by atoms with Crippen molar-refractivity contribution in [3.8, 4) is 6.07 Å². The molecule has 0 radical (unpaired) electrons. The van der Waals surface area contributed by atoms with E-state index in [1.54, 1.807) is 12.1 Å². The fourth-order valence-corrected chi connectivity index (χ4v) is 3.23. The highest BCUT2D eigenvalue weighted by molar-refractivity contribution is 7.90. The van der Waals surface area contributed by atoms with E-state index in [2.05, 4.69) is 9.44 Å². The molecule has 0 saturated heterocycles. The standard InChI is InChI=1S/C11H15N3O4S2/c1-13-19(15,16)7-6-14-20(17,18)9-11-4-2-10(8-12)3-5-11/h2-5,13-14H,6-7,9H2,1H3. The average Bonchev–Trinajstić information content (AvgIpc) is 2.38. The molecule has 0 saturated carbocycles. The van der Waals surface area contributed by atoms with E-state index in [1.165, 1.54) is 19.2 Å². The van der Waals surface area contributed by atoms with Gasteiger partial charge in [-0.15, -0.1) is 0 Å². The van der Waals surface area contributed by atoms with Gasteiger partial charge in [-0.1, -0.05) is 12.1 Å². The summed E-state index contributed by atoms with van der Waals surface area (Å²) < 4.78 is 50.1. The summed E-state index contributed by atoms with van der Waals surface area (Å²) in [6, 6.07) is 8.07. The lowest BCUT2D eigenvalue weighted by molar-refractivity contribution is 0.578. The van der Waals surface area contributed by atoms with Gasteiger partial charge in [0.1, 0.15) is 0 Å². The summed E-state index contributed by atoms with van der Waals surface area (Å²) in [5.74, 6) is -0.589. The van der Waals surface area contributed by atoms with Crippen LogP contribution >= 0.6 is 0 Å². The summed E-state index contributed by atoms with van der Waals surface area (Å²) in [6.07, 6.45) is 0. The number of rotatable bonds is 7. The predicted molar refractivity (Wildman–Crippen MR) is 74.6 cm³/mol. The van der Waals surface area contributed by atoms with Crippen molar-refractivity contribution < 1.29 is 16.8 Å². The number of nitrogens with zero attached hydrogens (tertiary/aromatic N) is 1. The van der Waals surface area contributed by atoms with E-state index < -0.39 is 20.0 Å². The topological polar surface area (TPSA) is 116 Å². The van der Waals surface area contributed by atoms with E-state index in [9.17, 15) is 16.8 Å². The first-order valence-corrected chi connectivity index (χ1v) is 8.96. The van der Waals surface area contributed by atoms with Gasteiger partial charge in [0.25, 0.3) is 0 Å². The fourth-order valence-electron chi connectivity index (χ4n) is 1.38. The molecule has 7 nitrogen and oxygen atoms in total. The van der Waals surface area contributed by atoms with Crippen molar-refractivity contribution in [3.05, 3.63) is 35.4 Å². The van der Waals surface area contributed by atoms with Crippen LogP contribution in [0, 0.1) is 11.3 Å². The third-order valence-electron chi connectivity index (χ3n) is 2.44. The lowest BCUT2D eigenvalue weighted by Gasteiger charge is -2.07. The molecular weight excluding hydrogens is 302 g/mol. The molecule has 1 aromatic rings. The zero-order valence-electron chi connectivity index (χ0n) is 10.8. The van der Waals surface area contributed by atoms with Crippen LogP contribution in [0.25, 0.3) is 0 Å². The molecule has 20 heavy (non-hydrogen) atoms. The third-order valence-corrected chi connectivity index (χ3v) is 5.16. The lowest BCUT2D eigenvalue weighted by atomic mass is 10.2. The van der Waals surface area contributed by atoms with E-state index in [0.717, 1.165) is 0 Å². The maximum Gasteiger partial charge on any atom is 0.215 e. The Bertz CT molecular complexity index is 688. The van der Waals surface area contributed by atoms with Gasteiger partial charge in [0.2, 0.25) is 20.0 Å². The molecule has 9 heteroatoms. The van der Waals surface area contributed by atoms with Crippen molar-refractivity contribution in [1.82, 2.24) is 9.44 Å². The highest BCUT2D eigenvalue weighted by atomic mass is 32.2. The zero-order valence-corrected chi connectivity index (χ0v) is 12.5. The molecule has 0 amide bonds. The van der Waals surface area contributed by atoms with Crippen molar-refractivity contribution in [2.24, 2.45) is 0 Å². The van der Waals surface area contributed by atoms with Crippen LogP contribution in [0.3, 0.4) is 0 Å². The highest BCUT2D eigenvalue weighted by Crippen LogP contribution is 2.07. The molecule has 2 N–H and O–H groups in total. The van der Waals surface area contributed by atoms with E-state index in [0.29, 0.717) is 11.1 Å². The smallest absolute Gasteiger partial charge is 0.215 e. The summed E-state index contributed by atoms with van der Waals surface area (Å²) in [5, 5.41) is 8.63. The number of hydrogen-bond acceptors (Lipinski definition) is 5. The van der Waals surface area contributed by atoms with Gasteiger partial charge in [-0.2, -0.15) is 5.26 Å². The third kappa shape index (κ3) is 5.66. The Morgan fingerprint density at radius 3 is 2.20 bits per heavy atom. The predicted octanol–water partition coefficient (Wildman–Crippen LogP) is -0.473. The molecule has 0 spiro atoms. The van der Waals surface area contributed by atoms with Crippen molar-refractivity contribution in [1.29, 1.82) is 5.26 Å². The summed E-state index contributed by atoms with van der Waals surface area (Å²) in [4.78, 5) is 0. The molecule has 0 atom stereocenters. The normalized spacial score (nSPS) is 12.0. The fraction of sp³-hybridized carbons (Fsp3) is 0.364. The number of benzene rings is 1. The summed E-state index contributed by atoms with van der Waals surface area (Å²) >= 11 is 0. The lowest BCUT2D eigenvalue weighted by Crippen LogP contribution is -2.33. The Kier molecular flexibility index (Phi) is 5.64. The van der Waals surface area contributed by atoms with Crippen LogP contribution in [0.15, 0.2) is 24.3 Å². The Morgan fingerprint density at radius 1 is 1.10 bits per heavy atom. The number of hydrogen-bond donors (Lipinski definition) is 2. The molecule has 0 aliphatic rings. The number of nitrogens with one attached hydrogen (secondary N) is 2. The molecule has 0 heterocycles. The van der Waals surface area contributed by atoms with Crippen molar-refractivity contribution in [3.63, 3.8) is 0 Å². The molecule has 0 fully saturated rings. The minimum Gasteiger partial charge on any atom is -0.218 e. The van der Waals surface area contributed by atoms with E-state index >= 15 is 0 Å². The van der Waals surface area contributed by atoms with Crippen LogP contribution in [0.2, 0.25) is 0 Å². The van der Waals surface area contributed by atoms with Gasteiger partial charge in [0.15, 0.2) is 0 Å². The number of sulfonamides is 2. The van der Waals surface area contributed by atoms with E-state index in [1.807, 2.05) is 6.07 Å². The Hall–Kier alpha value is -1.47. The summed E-state index contributed by atoms with van der Waals surface area (Å²) in [6.45, 7) is -0.193. The van der Waals surface area contributed by atoms with Gasteiger partial charge in [0, 0.05) is 6.54 Å². The highest BCUT2D eigenvalue weighted by Gasteiger charge is 2.13. The van der Waals surface area contributed by atoms with Crippen LogP contribution in [-0.2, 0) is 25.8 Å². The van der Waals surface area contributed by atoms with Gasteiger partial charge in [-0.25, -0.2) is 26.3 Å². The Morgan fingerprint density at radius 2 is 1.70 bits per heavy atom. The second-order valence-electron chi connectivity index (χ2n) is 3.99. The largest absolute Gasteiger partial charge is 0.218 e. The maximum atomic E-state index is 11.7. The number of nitriles is 1. The second kappa shape index (κ2) is 6.81. The van der Waals surface area contributed by atoms with Crippen molar-refractivity contribution in [2.45, 2.75) is 5.75 Å². The maximum absolute atomic E-state index is 11.7. The molecule has 0 bridgehead atoms. The van der Waals surface area contributed by atoms with Crippen molar-refractivity contribution >= 4 is 20.0 Å². The van der Waals surface area contributed by atoms with Crippen LogP contribution in [-0.4, -0.2) is 36.2 Å². The molecule has 0 aliphatic heterocycles. The van der Waals surface area contributed by atoms with Crippen molar-refractivity contribution in [2.75, 3.05) is 19.3 Å². The molecule has 0 aliphatic carbocycles. The van der Waals surface area contributed by atoms with Gasteiger partial charge in [-0.3, -0.25) is 0 Å². The first kappa shape index (κ1) is 16.6. The molecule has 0 aromatic heterocycles. The van der Waals surface area contributed by atoms with E-state index in [-0.39, 0.29) is 18.1 Å². The average molecular weight is 317 g/mol. The molecular formula is C11H15N3O4S2. The molecule has 1 rings (SSSR count). The van der Waals surface area contributed by atoms with Gasteiger partial charge in [0.05, 0.1) is 23.1 Å². The Labute approximate surface area is 118 Å². The zero-order chi connectivity index (χ0) is 15.2. The Balaban J connectivity index is 2.59. The van der Waals surface area contributed by atoms with Crippen LogP contribution in [0.5, 0.6) is 0 Å². The van der Waals surface area contributed by atoms with Crippen LogP contribution in [0.1, 0.15) is 11.1 Å². The summed E-state index contributed by atoms with van der Waals surface area (Å²) in [7, 11) is -5.78. The van der Waals surface area contributed by atoms with Crippen LogP contribution in [0.4, 0.5) is 0 Å². The van der Waals surface area contributed by atoms with Gasteiger partial charge < -0.3 is 0 Å². The minimum atomic E-state index is -3.61. The van der Waals surface area contributed by atoms with Crippen LogP contribution < -0.4 is 9.44 Å². The monoisotopic (exact) mass is 317 g/mol. The molecule has 0 unspecified atom stereocenters. The minimum absolute atomic E-state index is 0.193. The first-order chi connectivity index (χ1) is 9.28. The quantitative estimate of drug-likeness (QED) is 0.705. The van der Waals surface area contributed by atoms with E-state index in [4.69, 9.17) is 5.26 Å².